The van der Waals surface area contributed by atoms with Gasteiger partial charge in [-0.15, -0.1) is 0 Å². The Morgan fingerprint density at radius 1 is 1.30 bits per heavy atom. The second kappa shape index (κ2) is 7.32. The van der Waals surface area contributed by atoms with Gasteiger partial charge in [-0.1, -0.05) is 6.07 Å². The summed E-state index contributed by atoms with van der Waals surface area (Å²) in [7, 11) is 2.86. The summed E-state index contributed by atoms with van der Waals surface area (Å²) < 4.78 is 24.2. The maximum atomic E-state index is 14.2. The highest BCUT2D eigenvalue weighted by Crippen LogP contribution is 2.25. The van der Waals surface area contributed by atoms with Gasteiger partial charge in [-0.2, -0.15) is 0 Å². The highest BCUT2D eigenvalue weighted by atomic mass is 19.1. The SMILES string of the molecule is COC(OC)c1ccc(NC2=CC(=O)N(CCO)C2=O)c(F)c1. The number of hydrogen-bond donors (Lipinski definition) is 2. The molecule has 1 aromatic rings. The third-order valence-corrected chi connectivity index (χ3v) is 3.30. The highest BCUT2D eigenvalue weighted by Gasteiger charge is 2.31. The molecule has 0 spiro atoms. The Balaban J connectivity index is 2.17. The summed E-state index contributed by atoms with van der Waals surface area (Å²) in [5.41, 5.74) is 0.464. The van der Waals surface area contributed by atoms with Gasteiger partial charge in [-0.05, 0) is 12.1 Å². The van der Waals surface area contributed by atoms with Crippen molar-refractivity contribution >= 4 is 17.5 Å². The lowest BCUT2D eigenvalue weighted by Gasteiger charge is -2.16. The van der Waals surface area contributed by atoms with E-state index in [1.54, 1.807) is 6.07 Å². The van der Waals surface area contributed by atoms with Crippen molar-refractivity contribution in [2.45, 2.75) is 6.29 Å². The molecule has 2 amide bonds. The average molecular weight is 324 g/mol. The summed E-state index contributed by atoms with van der Waals surface area (Å²) in [6.45, 7) is -0.443. The van der Waals surface area contributed by atoms with Gasteiger partial charge in [-0.3, -0.25) is 14.5 Å². The fraction of sp³-hybridized carbons (Fsp3) is 0.333. The van der Waals surface area contributed by atoms with Gasteiger partial charge in [0.2, 0.25) is 0 Å². The molecule has 1 aliphatic rings. The summed E-state index contributed by atoms with van der Waals surface area (Å²) in [6, 6.07) is 4.21. The van der Waals surface area contributed by atoms with Crippen molar-refractivity contribution in [2.24, 2.45) is 0 Å². The van der Waals surface area contributed by atoms with E-state index in [0.717, 1.165) is 11.0 Å². The van der Waals surface area contributed by atoms with Gasteiger partial charge in [0.15, 0.2) is 6.29 Å². The van der Waals surface area contributed by atoms with Gasteiger partial charge in [-0.25, -0.2) is 4.39 Å². The lowest BCUT2D eigenvalue weighted by molar-refractivity contribution is -0.137. The molecule has 0 aromatic heterocycles. The summed E-state index contributed by atoms with van der Waals surface area (Å²) in [5.74, 6) is -1.79. The first-order valence-electron chi connectivity index (χ1n) is 6.82. The molecule has 0 bridgehead atoms. The Labute approximate surface area is 132 Å². The zero-order valence-corrected chi connectivity index (χ0v) is 12.7. The zero-order chi connectivity index (χ0) is 17.0. The van der Waals surface area contributed by atoms with Crippen molar-refractivity contribution in [2.75, 3.05) is 32.7 Å². The minimum atomic E-state index is -0.701. The number of aliphatic hydroxyl groups excluding tert-OH is 1. The van der Waals surface area contributed by atoms with Crippen LogP contribution < -0.4 is 5.32 Å². The Kier molecular flexibility index (Phi) is 5.43. The number of carbonyl (C=O) groups is 2. The number of benzene rings is 1. The molecule has 0 saturated heterocycles. The van der Waals surface area contributed by atoms with Crippen molar-refractivity contribution in [3.05, 3.63) is 41.4 Å². The molecule has 8 heteroatoms. The average Bonchev–Trinajstić information content (AvgIpc) is 2.79. The topological polar surface area (TPSA) is 88.1 Å². The van der Waals surface area contributed by atoms with Gasteiger partial charge in [0.1, 0.15) is 11.5 Å². The minimum absolute atomic E-state index is 0.0398. The van der Waals surface area contributed by atoms with Crippen LogP contribution in [-0.2, 0) is 19.1 Å². The molecule has 2 N–H and O–H groups in total. The largest absolute Gasteiger partial charge is 0.395 e. The molecule has 124 valence electrons. The van der Waals surface area contributed by atoms with Crippen molar-refractivity contribution < 1.29 is 28.6 Å². The van der Waals surface area contributed by atoms with Gasteiger partial charge in [0.05, 0.1) is 18.8 Å². The number of hydrogen-bond acceptors (Lipinski definition) is 6. The molecular formula is C15H17FN2O5. The number of β-amino-alcohol motifs (C(OH)–C–C–N with tert-alkyl or cyclic N) is 1. The summed E-state index contributed by atoms with van der Waals surface area (Å²) in [6.07, 6.45) is 0.367. The number of aliphatic hydroxyl groups is 1. The Hall–Kier alpha value is -2.29. The molecule has 1 aliphatic heterocycles. The molecule has 0 fully saturated rings. The van der Waals surface area contributed by atoms with E-state index in [0.29, 0.717) is 5.56 Å². The Morgan fingerprint density at radius 2 is 2.00 bits per heavy atom. The monoisotopic (exact) mass is 324 g/mol. The van der Waals surface area contributed by atoms with Crippen molar-refractivity contribution in [1.29, 1.82) is 0 Å². The standard InChI is InChI=1S/C15H17FN2O5/c1-22-15(23-2)9-3-4-11(10(16)7-9)17-12-8-13(20)18(5-6-19)14(12)21/h3-4,7-8,15,17,19H,5-6H2,1-2H3. The smallest absolute Gasteiger partial charge is 0.277 e. The molecule has 1 heterocycles. The molecule has 0 aliphatic carbocycles. The van der Waals surface area contributed by atoms with Crippen LogP contribution in [-0.4, -0.2) is 49.2 Å². The maximum Gasteiger partial charge on any atom is 0.277 e. The molecule has 7 nitrogen and oxygen atoms in total. The molecule has 23 heavy (non-hydrogen) atoms. The number of anilines is 1. The number of amides is 2. The number of ether oxygens (including phenoxy) is 2. The second-order valence-corrected chi connectivity index (χ2v) is 4.74. The normalized spacial score (nSPS) is 14.7. The van der Waals surface area contributed by atoms with Crippen molar-refractivity contribution in [3.63, 3.8) is 0 Å². The second-order valence-electron chi connectivity index (χ2n) is 4.74. The van der Waals surface area contributed by atoms with E-state index in [1.165, 1.54) is 26.4 Å². The van der Waals surface area contributed by atoms with E-state index in [9.17, 15) is 14.0 Å². The highest BCUT2D eigenvalue weighted by molar-refractivity contribution is 6.17. The number of carbonyl (C=O) groups excluding carboxylic acids is 2. The Morgan fingerprint density at radius 3 is 2.57 bits per heavy atom. The maximum absolute atomic E-state index is 14.2. The first-order chi connectivity index (χ1) is 11.0. The lowest BCUT2D eigenvalue weighted by atomic mass is 10.2. The van der Waals surface area contributed by atoms with E-state index >= 15 is 0 Å². The van der Waals surface area contributed by atoms with Gasteiger partial charge >= 0.3 is 0 Å². The van der Waals surface area contributed by atoms with E-state index in [-0.39, 0.29) is 24.5 Å². The van der Waals surface area contributed by atoms with Crippen LogP contribution in [0.1, 0.15) is 11.9 Å². The summed E-state index contributed by atoms with van der Waals surface area (Å²) in [4.78, 5) is 24.5. The minimum Gasteiger partial charge on any atom is -0.395 e. The third kappa shape index (κ3) is 3.55. The summed E-state index contributed by atoms with van der Waals surface area (Å²) in [5, 5.41) is 11.4. The predicted octanol–water partition coefficient (Wildman–Crippen LogP) is 0.774. The Bertz CT molecular complexity index is 643. The molecule has 0 radical (unpaired) electrons. The number of nitrogens with one attached hydrogen (secondary N) is 1. The number of nitrogens with zero attached hydrogens (tertiary/aromatic N) is 1. The van der Waals surface area contributed by atoms with E-state index in [1.807, 2.05) is 0 Å². The fourth-order valence-electron chi connectivity index (χ4n) is 2.20. The predicted molar refractivity (Wildman–Crippen MR) is 78.7 cm³/mol. The fourth-order valence-corrected chi connectivity index (χ4v) is 2.20. The van der Waals surface area contributed by atoms with Gasteiger partial charge in [0.25, 0.3) is 11.8 Å². The third-order valence-electron chi connectivity index (χ3n) is 3.30. The van der Waals surface area contributed by atoms with Gasteiger partial charge < -0.3 is 19.9 Å². The number of rotatable bonds is 7. The van der Waals surface area contributed by atoms with Crippen molar-refractivity contribution in [1.82, 2.24) is 4.90 Å². The van der Waals surface area contributed by atoms with E-state index < -0.39 is 23.9 Å². The molecule has 1 aromatic carbocycles. The van der Waals surface area contributed by atoms with Crippen LogP contribution in [0.4, 0.5) is 10.1 Å². The quantitative estimate of drug-likeness (QED) is 0.569. The first kappa shape index (κ1) is 17.1. The van der Waals surface area contributed by atoms with Crippen LogP contribution in [0.5, 0.6) is 0 Å². The van der Waals surface area contributed by atoms with Crippen LogP contribution in [0, 0.1) is 5.82 Å². The molecule has 0 atom stereocenters. The zero-order valence-electron chi connectivity index (χ0n) is 12.7. The van der Waals surface area contributed by atoms with Crippen LogP contribution in [0.3, 0.4) is 0 Å². The number of halogens is 1. The van der Waals surface area contributed by atoms with Crippen LogP contribution in [0.25, 0.3) is 0 Å². The molecular weight excluding hydrogens is 307 g/mol. The molecule has 0 saturated carbocycles. The molecule has 2 rings (SSSR count). The van der Waals surface area contributed by atoms with Crippen LogP contribution in [0.2, 0.25) is 0 Å². The number of imide groups is 1. The van der Waals surface area contributed by atoms with E-state index in [2.05, 4.69) is 5.32 Å². The summed E-state index contributed by atoms with van der Waals surface area (Å²) >= 11 is 0. The first-order valence-corrected chi connectivity index (χ1v) is 6.82. The van der Waals surface area contributed by atoms with Crippen molar-refractivity contribution in [3.8, 4) is 0 Å². The lowest BCUT2D eigenvalue weighted by Crippen LogP contribution is -2.34. The van der Waals surface area contributed by atoms with Gasteiger partial charge in [0, 0.05) is 25.9 Å². The van der Waals surface area contributed by atoms with E-state index in [4.69, 9.17) is 14.6 Å². The van der Waals surface area contributed by atoms with Crippen LogP contribution >= 0.6 is 0 Å². The number of methoxy groups -OCH3 is 2. The molecule has 0 unspecified atom stereocenters. The van der Waals surface area contributed by atoms with Crippen LogP contribution in [0.15, 0.2) is 30.0 Å².